The minimum atomic E-state index is -0.988. The molecule has 144 valence electrons. The van der Waals surface area contributed by atoms with E-state index in [-0.39, 0.29) is 11.1 Å². The van der Waals surface area contributed by atoms with Crippen LogP contribution in [0.15, 0.2) is 60.3 Å². The van der Waals surface area contributed by atoms with E-state index in [2.05, 4.69) is 10.6 Å². The molecule has 0 bridgehead atoms. The van der Waals surface area contributed by atoms with E-state index in [0.29, 0.717) is 19.5 Å². The lowest BCUT2D eigenvalue weighted by molar-refractivity contribution is -0.117. The molecule has 0 fully saturated rings. The van der Waals surface area contributed by atoms with E-state index in [1.807, 2.05) is 30.3 Å². The second kappa shape index (κ2) is 10.4. The van der Waals surface area contributed by atoms with Crippen molar-refractivity contribution >= 4 is 11.9 Å². The molecule has 0 aliphatic carbocycles. The summed E-state index contributed by atoms with van der Waals surface area (Å²) < 4.78 is 5.10. The first-order valence-electron chi connectivity index (χ1n) is 8.60. The number of benzene rings is 2. The van der Waals surface area contributed by atoms with Crippen molar-refractivity contribution in [1.29, 1.82) is 5.26 Å². The fraction of sp³-hybridized carbons (Fsp3) is 0.190. The summed E-state index contributed by atoms with van der Waals surface area (Å²) in [7, 11) is 1.60. The quantitative estimate of drug-likeness (QED) is 0.455. The zero-order valence-corrected chi connectivity index (χ0v) is 15.4. The number of aromatic carboxylic acids is 1. The molecule has 3 N–H and O–H groups in total. The van der Waals surface area contributed by atoms with Crippen molar-refractivity contribution in [2.75, 3.05) is 13.7 Å². The number of carbonyl (C=O) groups excluding carboxylic acids is 1. The van der Waals surface area contributed by atoms with Crippen LogP contribution in [-0.2, 0) is 17.8 Å². The highest BCUT2D eigenvalue weighted by molar-refractivity contribution is 5.97. The molecule has 2 aromatic rings. The Labute approximate surface area is 163 Å². The Morgan fingerprint density at radius 1 is 1.11 bits per heavy atom. The predicted molar refractivity (Wildman–Crippen MR) is 104 cm³/mol. The number of nitrogens with zero attached hydrogens (tertiary/aromatic N) is 1. The molecule has 7 nitrogen and oxygen atoms in total. The number of carboxylic acids is 1. The van der Waals surface area contributed by atoms with Crippen molar-refractivity contribution in [3.8, 4) is 11.8 Å². The van der Waals surface area contributed by atoms with Crippen LogP contribution < -0.4 is 15.4 Å². The van der Waals surface area contributed by atoms with E-state index >= 15 is 0 Å². The third kappa shape index (κ3) is 6.18. The topological polar surface area (TPSA) is 111 Å². The summed E-state index contributed by atoms with van der Waals surface area (Å²) in [5.74, 6) is -0.673. The van der Waals surface area contributed by atoms with Gasteiger partial charge in [-0.05, 0) is 41.8 Å². The maximum Gasteiger partial charge on any atom is 0.335 e. The molecule has 7 heteroatoms. The third-order valence-electron chi connectivity index (χ3n) is 3.98. The van der Waals surface area contributed by atoms with Crippen LogP contribution >= 0.6 is 0 Å². The fourth-order valence-electron chi connectivity index (χ4n) is 2.39. The van der Waals surface area contributed by atoms with Crippen molar-refractivity contribution in [2.45, 2.75) is 13.0 Å². The molecule has 0 aliphatic heterocycles. The van der Waals surface area contributed by atoms with Crippen LogP contribution in [0.2, 0.25) is 0 Å². The second-order valence-electron chi connectivity index (χ2n) is 5.91. The average molecular weight is 379 g/mol. The number of carboxylic acid groups (broad SMARTS) is 1. The number of rotatable bonds is 9. The van der Waals surface area contributed by atoms with Gasteiger partial charge in [-0.3, -0.25) is 4.79 Å². The van der Waals surface area contributed by atoms with E-state index in [4.69, 9.17) is 15.1 Å². The number of ether oxygens (including phenoxy) is 1. The van der Waals surface area contributed by atoms with E-state index in [0.717, 1.165) is 16.9 Å². The molecule has 1 amide bonds. The highest BCUT2D eigenvalue weighted by Crippen LogP contribution is 2.11. The van der Waals surface area contributed by atoms with Gasteiger partial charge in [-0.1, -0.05) is 24.3 Å². The molecule has 0 unspecified atom stereocenters. The number of methoxy groups -OCH3 is 1. The molecule has 0 aliphatic rings. The average Bonchev–Trinajstić information content (AvgIpc) is 2.72. The summed E-state index contributed by atoms with van der Waals surface area (Å²) in [4.78, 5) is 22.9. The lowest BCUT2D eigenvalue weighted by atomic mass is 10.1. The summed E-state index contributed by atoms with van der Waals surface area (Å²) in [6.45, 7) is 0.769. The maximum absolute atomic E-state index is 12.1. The number of hydrogen-bond acceptors (Lipinski definition) is 5. The Bertz CT molecular complexity index is 881. The van der Waals surface area contributed by atoms with Gasteiger partial charge >= 0.3 is 5.97 Å². The normalized spacial score (nSPS) is 10.6. The first kappa shape index (κ1) is 20.5. The first-order valence-corrected chi connectivity index (χ1v) is 8.60. The number of carbonyl (C=O) groups is 2. The van der Waals surface area contributed by atoms with Gasteiger partial charge in [0.1, 0.15) is 17.4 Å². The lowest BCUT2D eigenvalue weighted by Gasteiger charge is -2.06. The Hall–Kier alpha value is -3.79. The van der Waals surface area contributed by atoms with Gasteiger partial charge in [0, 0.05) is 19.3 Å². The van der Waals surface area contributed by atoms with Crippen LogP contribution in [0.4, 0.5) is 0 Å². The molecular weight excluding hydrogens is 358 g/mol. The van der Waals surface area contributed by atoms with Crippen LogP contribution in [0.1, 0.15) is 21.5 Å². The highest BCUT2D eigenvalue weighted by Gasteiger charge is 2.08. The Morgan fingerprint density at radius 2 is 1.75 bits per heavy atom. The van der Waals surface area contributed by atoms with Crippen molar-refractivity contribution in [2.24, 2.45) is 0 Å². The number of nitrogens with one attached hydrogen (secondary N) is 2. The Balaban J connectivity index is 1.81. The summed E-state index contributed by atoms with van der Waals surface area (Å²) in [6.07, 6.45) is 1.99. The molecule has 0 saturated carbocycles. The Morgan fingerprint density at radius 3 is 2.32 bits per heavy atom. The largest absolute Gasteiger partial charge is 0.497 e. The molecule has 0 atom stereocenters. The van der Waals surface area contributed by atoms with E-state index < -0.39 is 11.9 Å². The third-order valence-corrected chi connectivity index (χ3v) is 3.98. The van der Waals surface area contributed by atoms with E-state index in [1.165, 1.54) is 18.3 Å². The fourth-order valence-corrected chi connectivity index (χ4v) is 2.39. The molecule has 28 heavy (non-hydrogen) atoms. The summed E-state index contributed by atoms with van der Waals surface area (Å²) in [5.41, 5.74) is 2.05. The SMILES string of the molecule is COc1ccc(CCNC(=O)/C(C#N)=C\NCc2ccc(C(=O)O)cc2)cc1. The molecule has 2 rings (SSSR count). The summed E-state index contributed by atoms with van der Waals surface area (Å²) >= 11 is 0. The highest BCUT2D eigenvalue weighted by atomic mass is 16.5. The van der Waals surface area contributed by atoms with Crippen molar-refractivity contribution in [1.82, 2.24) is 10.6 Å². The van der Waals surface area contributed by atoms with Crippen molar-refractivity contribution < 1.29 is 19.4 Å². The smallest absolute Gasteiger partial charge is 0.335 e. The van der Waals surface area contributed by atoms with Crippen molar-refractivity contribution in [3.63, 3.8) is 0 Å². The van der Waals surface area contributed by atoms with Gasteiger partial charge in [0.05, 0.1) is 12.7 Å². The van der Waals surface area contributed by atoms with Gasteiger partial charge in [0.25, 0.3) is 5.91 Å². The monoisotopic (exact) mass is 379 g/mol. The van der Waals surface area contributed by atoms with Crippen LogP contribution in [0.5, 0.6) is 5.75 Å². The number of nitriles is 1. The standard InChI is InChI=1S/C21H21N3O4/c1-28-19-8-4-15(5-9-19)10-11-24-20(25)18(12-22)14-23-13-16-2-6-17(7-3-16)21(26)27/h2-9,14,23H,10-11,13H2,1H3,(H,24,25)(H,26,27)/b18-14-. The number of hydrogen-bond donors (Lipinski definition) is 3. The van der Waals surface area contributed by atoms with Gasteiger partial charge < -0.3 is 20.5 Å². The molecule has 0 saturated heterocycles. The maximum atomic E-state index is 12.1. The second-order valence-corrected chi connectivity index (χ2v) is 5.91. The van der Waals surface area contributed by atoms with Crippen LogP contribution in [-0.4, -0.2) is 30.6 Å². The molecular formula is C21H21N3O4. The molecule has 0 spiro atoms. The Kier molecular flexibility index (Phi) is 7.61. The van der Waals surface area contributed by atoms with E-state index in [9.17, 15) is 9.59 Å². The summed E-state index contributed by atoms with van der Waals surface area (Å²) in [6, 6.07) is 15.8. The molecule has 0 radical (unpaired) electrons. The van der Waals surface area contributed by atoms with E-state index in [1.54, 1.807) is 19.2 Å². The minimum Gasteiger partial charge on any atom is -0.497 e. The van der Waals surface area contributed by atoms with Crippen molar-refractivity contribution in [3.05, 3.63) is 77.0 Å². The molecule has 0 aromatic heterocycles. The van der Waals surface area contributed by atoms with Crippen LogP contribution in [0.25, 0.3) is 0 Å². The van der Waals surface area contributed by atoms with Gasteiger partial charge in [0.15, 0.2) is 0 Å². The van der Waals surface area contributed by atoms with Gasteiger partial charge in [-0.15, -0.1) is 0 Å². The number of amides is 1. The van der Waals surface area contributed by atoms with Crippen LogP contribution in [0.3, 0.4) is 0 Å². The zero-order valence-electron chi connectivity index (χ0n) is 15.4. The van der Waals surface area contributed by atoms with Gasteiger partial charge in [0.2, 0.25) is 0 Å². The predicted octanol–water partition coefficient (Wildman–Crippen LogP) is 2.25. The van der Waals surface area contributed by atoms with Crippen LogP contribution in [0, 0.1) is 11.3 Å². The van der Waals surface area contributed by atoms with Gasteiger partial charge in [-0.2, -0.15) is 5.26 Å². The van der Waals surface area contributed by atoms with Gasteiger partial charge in [-0.25, -0.2) is 4.79 Å². The first-order chi connectivity index (χ1) is 13.5. The summed E-state index contributed by atoms with van der Waals surface area (Å²) in [5, 5.41) is 23.6. The zero-order chi connectivity index (χ0) is 20.4. The molecule has 0 heterocycles. The minimum absolute atomic E-state index is 0.0307. The molecule has 2 aromatic carbocycles. The lowest BCUT2D eigenvalue weighted by Crippen LogP contribution is -2.27.